The van der Waals surface area contributed by atoms with Crippen molar-refractivity contribution in [1.82, 2.24) is 4.90 Å². The number of halogens is 2. The molecule has 1 aliphatic rings. The van der Waals surface area contributed by atoms with Gasteiger partial charge in [0, 0.05) is 29.7 Å². The minimum absolute atomic E-state index is 0.0635. The summed E-state index contributed by atoms with van der Waals surface area (Å²) >= 11 is 5.96. The molecular formula is C14H20ClFN2. The van der Waals surface area contributed by atoms with Crippen LogP contribution >= 0.6 is 11.6 Å². The van der Waals surface area contributed by atoms with Gasteiger partial charge in [-0.3, -0.25) is 4.90 Å². The Morgan fingerprint density at radius 1 is 1.56 bits per heavy atom. The van der Waals surface area contributed by atoms with Crippen LogP contribution in [0.1, 0.15) is 31.4 Å². The molecular weight excluding hydrogens is 251 g/mol. The van der Waals surface area contributed by atoms with E-state index in [0.29, 0.717) is 23.0 Å². The fourth-order valence-corrected chi connectivity index (χ4v) is 2.93. The molecule has 1 fully saturated rings. The highest BCUT2D eigenvalue weighted by molar-refractivity contribution is 6.30. The zero-order valence-electron chi connectivity index (χ0n) is 10.7. The lowest BCUT2D eigenvalue weighted by atomic mass is 9.96. The second-order valence-electron chi connectivity index (χ2n) is 5.16. The smallest absolute Gasteiger partial charge is 0.128 e. The zero-order chi connectivity index (χ0) is 13.1. The summed E-state index contributed by atoms with van der Waals surface area (Å²) in [5, 5.41) is 0.565. The molecule has 1 aromatic rings. The zero-order valence-corrected chi connectivity index (χ0v) is 11.5. The second-order valence-corrected chi connectivity index (χ2v) is 5.60. The predicted molar refractivity (Wildman–Crippen MR) is 73.2 cm³/mol. The average Bonchev–Trinajstić information content (AvgIpc) is 2.35. The SMILES string of the molecule is CC1CCCN(C(CN)c2cc(Cl)ccc2F)C1. The maximum Gasteiger partial charge on any atom is 0.128 e. The molecule has 0 radical (unpaired) electrons. The average molecular weight is 271 g/mol. The van der Waals surface area contributed by atoms with Crippen LogP contribution in [-0.4, -0.2) is 24.5 Å². The van der Waals surface area contributed by atoms with Crippen LogP contribution in [0, 0.1) is 11.7 Å². The summed E-state index contributed by atoms with van der Waals surface area (Å²) in [5.74, 6) is 0.433. The molecule has 1 aromatic carbocycles. The molecule has 0 saturated carbocycles. The normalized spacial score (nSPS) is 23.0. The van der Waals surface area contributed by atoms with Gasteiger partial charge in [0.15, 0.2) is 0 Å². The molecule has 0 spiro atoms. The number of likely N-dealkylation sites (tertiary alicyclic amines) is 1. The van der Waals surface area contributed by atoms with E-state index in [1.807, 2.05) is 0 Å². The predicted octanol–water partition coefficient (Wildman–Crippen LogP) is 3.21. The minimum atomic E-state index is -0.215. The Bertz CT molecular complexity index is 411. The summed E-state index contributed by atoms with van der Waals surface area (Å²) in [6.45, 7) is 4.62. The first kappa shape index (κ1) is 13.8. The third-order valence-electron chi connectivity index (χ3n) is 3.67. The second kappa shape index (κ2) is 6.00. The number of hydrogen-bond donors (Lipinski definition) is 1. The lowest BCUT2D eigenvalue weighted by molar-refractivity contribution is 0.131. The summed E-state index contributed by atoms with van der Waals surface area (Å²) in [4.78, 5) is 2.28. The number of benzene rings is 1. The van der Waals surface area contributed by atoms with Gasteiger partial charge in [0.25, 0.3) is 0 Å². The van der Waals surface area contributed by atoms with Gasteiger partial charge in [-0.05, 0) is 43.5 Å². The van der Waals surface area contributed by atoms with Crippen LogP contribution in [-0.2, 0) is 0 Å². The Balaban J connectivity index is 2.24. The molecule has 2 rings (SSSR count). The van der Waals surface area contributed by atoms with Crippen LogP contribution in [0.15, 0.2) is 18.2 Å². The van der Waals surface area contributed by atoms with Gasteiger partial charge in [-0.1, -0.05) is 18.5 Å². The van der Waals surface area contributed by atoms with E-state index in [2.05, 4.69) is 11.8 Å². The molecule has 1 heterocycles. The van der Waals surface area contributed by atoms with Gasteiger partial charge in [-0.15, -0.1) is 0 Å². The largest absolute Gasteiger partial charge is 0.329 e. The van der Waals surface area contributed by atoms with Gasteiger partial charge in [0.05, 0.1) is 0 Å². The van der Waals surface area contributed by atoms with Gasteiger partial charge in [0.1, 0.15) is 5.82 Å². The van der Waals surface area contributed by atoms with E-state index in [1.165, 1.54) is 12.5 Å². The lowest BCUT2D eigenvalue weighted by Crippen LogP contribution is -2.40. The molecule has 18 heavy (non-hydrogen) atoms. The summed E-state index contributed by atoms with van der Waals surface area (Å²) in [6, 6.07) is 4.64. The molecule has 0 aromatic heterocycles. The molecule has 1 saturated heterocycles. The van der Waals surface area contributed by atoms with Crippen LogP contribution < -0.4 is 5.73 Å². The number of nitrogens with zero attached hydrogens (tertiary/aromatic N) is 1. The standard InChI is InChI=1S/C14H20ClFN2/c1-10-3-2-6-18(9-10)14(8-17)12-7-11(15)4-5-13(12)16/h4-5,7,10,14H,2-3,6,8-9,17H2,1H3. The molecule has 2 nitrogen and oxygen atoms in total. The summed E-state index contributed by atoms with van der Waals surface area (Å²) < 4.78 is 13.9. The topological polar surface area (TPSA) is 29.3 Å². The monoisotopic (exact) mass is 270 g/mol. The lowest BCUT2D eigenvalue weighted by Gasteiger charge is -2.37. The van der Waals surface area contributed by atoms with E-state index in [-0.39, 0.29) is 11.9 Å². The molecule has 1 aliphatic heterocycles. The van der Waals surface area contributed by atoms with E-state index >= 15 is 0 Å². The first-order chi connectivity index (χ1) is 8.61. The molecule has 2 N–H and O–H groups in total. The van der Waals surface area contributed by atoms with Gasteiger partial charge >= 0.3 is 0 Å². The van der Waals surface area contributed by atoms with E-state index in [0.717, 1.165) is 19.5 Å². The van der Waals surface area contributed by atoms with E-state index in [1.54, 1.807) is 12.1 Å². The third kappa shape index (κ3) is 3.02. The summed E-state index contributed by atoms with van der Waals surface area (Å²) in [6.07, 6.45) is 2.39. The molecule has 100 valence electrons. The van der Waals surface area contributed by atoms with Crippen molar-refractivity contribution in [2.24, 2.45) is 11.7 Å². The van der Waals surface area contributed by atoms with Gasteiger partial charge in [-0.2, -0.15) is 0 Å². The Labute approximate surface area is 113 Å². The first-order valence-corrected chi connectivity index (χ1v) is 6.88. The van der Waals surface area contributed by atoms with Crippen LogP contribution in [0.25, 0.3) is 0 Å². The molecule has 2 unspecified atom stereocenters. The number of nitrogens with two attached hydrogens (primary N) is 1. The highest BCUT2D eigenvalue weighted by Crippen LogP contribution is 2.29. The fraction of sp³-hybridized carbons (Fsp3) is 0.571. The Hall–Kier alpha value is -0.640. The van der Waals surface area contributed by atoms with Crippen molar-refractivity contribution in [2.75, 3.05) is 19.6 Å². The Morgan fingerprint density at radius 3 is 3.00 bits per heavy atom. The first-order valence-electron chi connectivity index (χ1n) is 6.51. The third-order valence-corrected chi connectivity index (χ3v) is 3.90. The van der Waals surface area contributed by atoms with Crippen LogP contribution in [0.5, 0.6) is 0 Å². The number of piperidine rings is 1. The summed E-state index contributed by atoms with van der Waals surface area (Å²) in [7, 11) is 0. The van der Waals surface area contributed by atoms with Crippen molar-refractivity contribution in [3.63, 3.8) is 0 Å². The minimum Gasteiger partial charge on any atom is -0.329 e. The van der Waals surface area contributed by atoms with E-state index in [4.69, 9.17) is 17.3 Å². The molecule has 2 atom stereocenters. The van der Waals surface area contributed by atoms with E-state index in [9.17, 15) is 4.39 Å². The fourth-order valence-electron chi connectivity index (χ4n) is 2.75. The number of hydrogen-bond acceptors (Lipinski definition) is 2. The summed E-state index contributed by atoms with van der Waals surface area (Å²) in [5.41, 5.74) is 6.47. The van der Waals surface area contributed by atoms with Crippen molar-refractivity contribution >= 4 is 11.6 Å². The quantitative estimate of drug-likeness (QED) is 0.914. The molecule has 0 bridgehead atoms. The van der Waals surface area contributed by atoms with Crippen LogP contribution in [0.3, 0.4) is 0 Å². The molecule has 4 heteroatoms. The number of rotatable bonds is 3. The van der Waals surface area contributed by atoms with Gasteiger partial charge in [-0.25, -0.2) is 4.39 Å². The van der Waals surface area contributed by atoms with Crippen LogP contribution in [0.2, 0.25) is 5.02 Å². The highest BCUT2D eigenvalue weighted by atomic mass is 35.5. The Morgan fingerprint density at radius 2 is 2.33 bits per heavy atom. The molecule has 0 amide bonds. The van der Waals surface area contributed by atoms with Crippen molar-refractivity contribution in [1.29, 1.82) is 0 Å². The van der Waals surface area contributed by atoms with Crippen molar-refractivity contribution in [3.8, 4) is 0 Å². The highest BCUT2D eigenvalue weighted by Gasteiger charge is 2.26. The van der Waals surface area contributed by atoms with E-state index < -0.39 is 0 Å². The van der Waals surface area contributed by atoms with Crippen molar-refractivity contribution in [2.45, 2.75) is 25.8 Å². The maximum atomic E-state index is 13.9. The molecule has 0 aliphatic carbocycles. The van der Waals surface area contributed by atoms with Crippen molar-refractivity contribution in [3.05, 3.63) is 34.6 Å². The van der Waals surface area contributed by atoms with Gasteiger partial charge < -0.3 is 5.73 Å². The van der Waals surface area contributed by atoms with Crippen LogP contribution in [0.4, 0.5) is 4.39 Å². The van der Waals surface area contributed by atoms with Crippen molar-refractivity contribution < 1.29 is 4.39 Å². The Kier molecular flexibility index (Phi) is 4.60. The van der Waals surface area contributed by atoms with Gasteiger partial charge in [0.2, 0.25) is 0 Å². The maximum absolute atomic E-state index is 13.9.